The van der Waals surface area contributed by atoms with Crippen molar-refractivity contribution in [3.05, 3.63) is 90.1 Å². The maximum Gasteiger partial charge on any atom is 0.408 e. The lowest BCUT2D eigenvalue weighted by Gasteiger charge is -2.21. The Hall–Kier alpha value is -4.30. The van der Waals surface area contributed by atoms with E-state index in [-0.39, 0.29) is 5.75 Å². The molecular weight excluding hydrogens is 536 g/mol. The zero-order valence-electron chi connectivity index (χ0n) is 23.4. The van der Waals surface area contributed by atoms with Gasteiger partial charge >= 0.3 is 12.1 Å². The number of alkyl carbamates (subject to hydrolysis) is 1. The van der Waals surface area contributed by atoms with Gasteiger partial charge in [0, 0.05) is 44.7 Å². The van der Waals surface area contributed by atoms with Crippen LogP contribution < -0.4 is 5.32 Å². The van der Waals surface area contributed by atoms with E-state index in [0.717, 1.165) is 55.6 Å². The summed E-state index contributed by atoms with van der Waals surface area (Å²) >= 11 is 1.43. The predicted octanol–water partition coefficient (Wildman–Crippen LogP) is 7.83. The third-order valence-corrected chi connectivity index (χ3v) is 7.68. The molecule has 1 unspecified atom stereocenters. The lowest BCUT2D eigenvalue weighted by molar-refractivity contribution is -0.138. The lowest BCUT2D eigenvalue weighted by atomic mass is 10.00. The van der Waals surface area contributed by atoms with Crippen LogP contribution in [0.1, 0.15) is 32.0 Å². The molecule has 0 aliphatic heterocycles. The van der Waals surface area contributed by atoms with Crippen molar-refractivity contribution in [2.45, 2.75) is 45.1 Å². The Balaban J connectivity index is 1.26. The van der Waals surface area contributed by atoms with Gasteiger partial charge in [-0.15, -0.1) is 0 Å². The number of thioether (sulfide) groups is 1. The number of rotatable bonds is 8. The summed E-state index contributed by atoms with van der Waals surface area (Å²) in [5.41, 5.74) is 6.89. The summed E-state index contributed by atoms with van der Waals surface area (Å²) in [6.45, 7) is 7.20. The average molecular weight is 569 g/mol. The molecule has 0 radical (unpaired) electrons. The first-order valence-corrected chi connectivity index (χ1v) is 14.5. The van der Waals surface area contributed by atoms with Crippen LogP contribution in [0.25, 0.3) is 44.3 Å². The molecule has 7 nitrogen and oxygen atoms in total. The Morgan fingerprint density at radius 3 is 2.39 bits per heavy atom. The summed E-state index contributed by atoms with van der Waals surface area (Å²) in [6.07, 6.45) is -0.738. The Morgan fingerprint density at radius 2 is 1.68 bits per heavy atom. The fourth-order valence-corrected chi connectivity index (χ4v) is 5.66. The van der Waals surface area contributed by atoms with Gasteiger partial charge in [-0.05, 0) is 45.4 Å². The number of hydrogen-bond acceptors (Lipinski definition) is 6. The SMILES string of the molecule is Cc1nc(-c2ccc(CSCC(NC(=O)OC(C)(C)C)C(=O)O)cc2)ccc1-c1cccc2c1oc1ccccc12. The molecule has 0 spiro atoms. The quantitative estimate of drug-likeness (QED) is 0.197. The molecule has 8 heteroatoms. The molecule has 2 heterocycles. The third-order valence-electron chi connectivity index (χ3n) is 6.57. The number of carbonyl (C=O) groups excluding carboxylic acids is 1. The highest BCUT2D eigenvalue weighted by Gasteiger charge is 2.24. The number of pyridine rings is 1. The van der Waals surface area contributed by atoms with E-state index in [1.165, 1.54) is 11.8 Å². The van der Waals surface area contributed by atoms with Crippen LogP contribution in [0.5, 0.6) is 0 Å². The molecular formula is C33H32N2O5S. The van der Waals surface area contributed by atoms with Crippen LogP contribution >= 0.6 is 11.8 Å². The Labute approximate surface area is 242 Å². The van der Waals surface area contributed by atoms with Crippen LogP contribution in [0.2, 0.25) is 0 Å². The van der Waals surface area contributed by atoms with Crippen LogP contribution in [-0.4, -0.2) is 39.5 Å². The highest BCUT2D eigenvalue weighted by molar-refractivity contribution is 7.98. The standard InChI is InChI=1S/C33H32N2O5S/c1-20-23(25-9-7-10-26-24-8-5-6-11-29(24)39-30(25)26)16-17-27(34-20)22-14-12-21(13-15-22)18-41-19-28(31(36)37)35-32(38)40-33(2,3)4/h5-17,28H,18-19H2,1-4H3,(H,35,38)(H,36,37). The van der Waals surface area contributed by atoms with Crippen LogP contribution in [-0.2, 0) is 15.3 Å². The van der Waals surface area contributed by atoms with Crippen molar-refractivity contribution >= 4 is 45.8 Å². The van der Waals surface area contributed by atoms with Crippen molar-refractivity contribution in [3.8, 4) is 22.4 Å². The summed E-state index contributed by atoms with van der Waals surface area (Å²) in [4.78, 5) is 28.5. The number of fused-ring (bicyclic) bond motifs is 3. The summed E-state index contributed by atoms with van der Waals surface area (Å²) in [6, 6.07) is 25.4. The highest BCUT2D eigenvalue weighted by atomic mass is 32.2. The van der Waals surface area contributed by atoms with E-state index < -0.39 is 23.7 Å². The molecule has 0 bridgehead atoms. The number of nitrogens with one attached hydrogen (secondary N) is 1. The molecule has 5 aromatic rings. The van der Waals surface area contributed by atoms with Crippen LogP contribution in [0.4, 0.5) is 4.79 Å². The molecule has 1 amide bonds. The number of para-hydroxylation sites is 2. The fraction of sp³-hybridized carbons (Fsp3) is 0.242. The Morgan fingerprint density at radius 1 is 0.951 bits per heavy atom. The molecule has 3 aromatic carbocycles. The number of carboxylic acid groups (broad SMARTS) is 1. The van der Waals surface area contributed by atoms with Gasteiger partial charge in [0.25, 0.3) is 0 Å². The molecule has 41 heavy (non-hydrogen) atoms. The number of aromatic nitrogens is 1. The van der Waals surface area contributed by atoms with Crippen molar-refractivity contribution in [3.63, 3.8) is 0 Å². The van der Waals surface area contributed by atoms with Gasteiger partial charge < -0.3 is 19.6 Å². The predicted molar refractivity (Wildman–Crippen MR) is 164 cm³/mol. The second-order valence-corrected chi connectivity index (χ2v) is 11.9. The van der Waals surface area contributed by atoms with E-state index in [4.69, 9.17) is 14.1 Å². The van der Waals surface area contributed by atoms with E-state index >= 15 is 0 Å². The average Bonchev–Trinajstić information content (AvgIpc) is 3.31. The number of carbonyl (C=O) groups is 2. The normalized spacial score (nSPS) is 12.4. The first-order valence-electron chi connectivity index (χ1n) is 13.4. The molecule has 2 aromatic heterocycles. The fourth-order valence-electron chi connectivity index (χ4n) is 4.66. The number of benzene rings is 3. The van der Waals surface area contributed by atoms with Crippen LogP contribution in [0, 0.1) is 6.92 Å². The number of furan rings is 1. The smallest absolute Gasteiger partial charge is 0.408 e. The molecule has 0 aliphatic carbocycles. The summed E-state index contributed by atoms with van der Waals surface area (Å²) < 4.78 is 11.4. The molecule has 0 saturated carbocycles. The zero-order chi connectivity index (χ0) is 29.1. The molecule has 5 rings (SSSR count). The van der Waals surface area contributed by atoms with E-state index in [1.807, 2.05) is 55.5 Å². The largest absolute Gasteiger partial charge is 0.480 e. The van der Waals surface area contributed by atoms with E-state index in [1.54, 1.807) is 20.8 Å². The second kappa shape index (κ2) is 11.7. The van der Waals surface area contributed by atoms with Gasteiger partial charge in [0.15, 0.2) is 0 Å². The van der Waals surface area contributed by atoms with Gasteiger partial charge in [0.05, 0.1) is 5.69 Å². The van der Waals surface area contributed by atoms with Crippen molar-refractivity contribution in [1.29, 1.82) is 0 Å². The Bertz CT molecular complexity index is 1720. The van der Waals surface area contributed by atoms with Crippen LogP contribution in [0.15, 0.2) is 83.3 Å². The maximum absolute atomic E-state index is 12.0. The molecule has 1 atom stereocenters. The minimum Gasteiger partial charge on any atom is -0.480 e. The van der Waals surface area contributed by atoms with Gasteiger partial charge in [-0.1, -0.05) is 66.7 Å². The second-order valence-electron chi connectivity index (χ2n) is 10.9. The van der Waals surface area contributed by atoms with Gasteiger partial charge in [-0.3, -0.25) is 4.98 Å². The zero-order valence-corrected chi connectivity index (χ0v) is 24.2. The van der Waals surface area contributed by atoms with Crippen molar-refractivity contribution in [1.82, 2.24) is 10.3 Å². The van der Waals surface area contributed by atoms with E-state index in [0.29, 0.717) is 5.75 Å². The Kier molecular flexibility index (Phi) is 8.03. The minimum atomic E-state index is -1.10. The number of aryl methyl sites for hydroxylation is 1. The first-order chi connectivity index (χ1) is 19.6. The number of amides is 1. The number of aliphatic carboxylic acids is 1. The topological polar surface area (TPSA) is 102 Å². The van der Waals surface area contributed by atoms with Crippen molar-refractivity contribution in [2.75, 3.05) is 5.75 Å². The summed E-state index contributed by atoms with van der Waals surface area (Å²) in [5, 5.41) is 14.1. The van der Waals surface area contributed by atoms with Gasteiger partial charge in [0.2, 0.25) is 0 Å². The molecule has 0 fully saturated rings. The molecule has 2 N–H and O–H groups in total. The summed E-state index contributed by atoms with van der Waals surface area (Å²) in [7, 11) is 0. The van der Waals surface area contributed by atoms with Gasteiger partial charge in [-0.2, -0.15) is 11.8 Å². The number of ether oxygens (including phenoxy) is 1. The van der Waals surface area contributed by atoms with Crippen molar-refractivity contribution in [2.24, 2.45) is 0 Å². The van der Waals surface area contributed by atoms with Crippen LogP contribution in [0.3, 0.4) is 0 Å². The van der Waals surface area contributed by atoms with Gasteiger partial charge in [0.1, 0.15) is 22.8 Å². The molecule has 0 saturated heterocycles. The van der Waals surface area contributed by atoms with E-state index in [2.05, 4.69) is 35.6 Å². The van der Waals surface area contributed by atoms with Gasteiger partial charge in [-0.25, -0.2) is 9.59 Å². The maximum atomic E-state index is 12.0. The minimum absolute atomic E-state index is 0.219. The monoisotopic (exact) mass is 568 g/mol. The van der Waals surface area contributed by atoms with Crippen molar-refractivity contribution < 1.29 is 23.8 Å². The molecule has 210 valence electrons. The lowest BCUT2D eigenvalue weighted by Crippen LogP contribution is -2.44. The number of nitrogens with zero attached hydrogens (tertiary/aromatic N) is 1. The third kappa shape index (κ3) is 6.55. The first kappa shape index (κ1) is 28.2. The molecule has 0 aliphatic rings. The van der Waals surface area contributed by atoms with E-state index in [9.17, 15) is 14.7 Å². The highest BCUT2D eigenvalue weighted by Crippen LogP contribution is 2.37. The summed E-state index contributed by atoms with van der Waals surface area (Å²) in [5.74, 6) is -0.274. The number of hydrogen-bond donors (Lipinski definition) is 2. The number of carboxylic acids is 1.